The van der Waals surface area contributed by atoms with Crippen LogP contribution in [0.5, 0.6) is 0 Å². The number of phosphoric acid groups is 2. The van der Waals surface area contributed by atoms with Crippen LogP contribution in [-0.2, 0) is 31.5 Å². The molecule has 0 heterocycles. The topological polar surface area (TPSA) is 80.3 Å². The van der Waals surface area contributed by atoms with Crippen molar-refractivity contribution >= 4 is 15.6 Å². The Morgan fingerprint density at radius 1 is 0.366 bits per heavy atom. The lowest BCUT2D eigenvalue weighted by atomic mass is 10.1. The van der Waals surface area contributed by atoms with E-state index < -0.39 is 15.6 Å². The highest BCUT2D eigenvalue weighted by atomic mass is 31.3. The summed E-state index contributed by atoms with van der Waals surface area (Å²) >= 11 is 0. The highest BCUT2D eigenvalue weighted by molar-refractivity contribution is 7.62. The van der Waals surface area contributed by atoms with E-state index in [9.17, 15) is 9.13 Å². The van der Waals surface area contributed by atoms with E-state index >= 15 is 0 Å². The van der Waals surface area contributed by atoms with Gasteiger partial charge in [-0.15, -0.1) is 0 Å². The number of phosphoric ester groups is 2. The molecule has 7 nitrogen and oxygen atoms in total. The number of hydrogen-bond acceptors (Lipinski definition) is 7. The van der Waals surface area contributed by atoms with E-state index in [4.69, 9.17) is 22.4 Å². The van der Waals surface area contributed by atoms with Crippen LogP contribution < -0.4 is 0 Å². The molecule has 9 heteroatoms. The first kappa shape index (κ1) is 41.3. The Hall–Kier alpha value is 0.260. The van der Waals surface area contributed by atoms with Gasteiger partial charge in [-0.25, -0.2) is 9.13 Å². The van der Waals surface area contributed by atoms with Gasteiger partial charge in [0.15, 0.2) is 0 Å². The van der Waals surface area contributed by atoms with Crippen LogP contribution in [-0.4, -0.2) is 24.4 Å². The smallest absolute Gasteiger partial charge is 0.283 e. The summed E-state index contributed by atoms with van der Waals surface area (Å²) in [7, 11) is -8.62. The highest BCUT2D eigenvalue weighted by Crippen LogP contribution is 2.68. The standard InChI is InChI=1S/C32H68O7P2/c1-9-17-25-29(21-13-5)35-40(33,36-30(22-14-6)26-18-10-2)39-41(34,37-31(23-15-7)27-19-11-3)38-32(24-16-8)28-20-12-4/h29-32H,9-28H2,1-8H3. The SMILES string of the molecule is CCCCC(CCC)OP(=O)(OC(CCC)CCCC)OP(=O)(OC(CCC)CCCC)OC(CCC)CCCC. The second-order valence-corrected chi connectivity index (χ2v) is 14.9. The largest absolute Gasteiger partial charge is 0.484 e. The minimum Gasteiger partial charge on any atom is -0.283 e. The molecule has 0 spiro atoms. The van der Waals surface area contributed by atoms with E-state index in [1.165, 1.54) is 0 Å². The van der Waals surface area contributed by atoms with E-state index in [0.717, 1.165) is 128 Å². The molecule has 0 saturated carbocycles. The summed E-state index contributed by atoms with van der Waals surface area (Å²) in [5, 5.41) is 0. The van der Waals surface area contributed by atoms with Crippen molar-refractivity contribution in [3.63, 3.8) is 0 Å². The maximum Gasteiger partial charge on any atom is 0.484 e. The first-order valence-electron chi connectivity index (χ1n) is 17.3. The van der Waals surface area contributed by atoms with Crippen molar-refractivity contribution in [3.8, 4) is 0 Å². The van der Waals surface area contributed by atoms with Gasteiger partial charge in [-0.05, 0) is 51.4 Å². The predicted octanol–water partition coefficient (Wildman–Crippen LogP) is 12.7. The number of rotatable bonds is 30. The van der Waals surface area contributed by atoms with Crippen molar-refractivity contribution in [3.05, 3.63) is 0 Å². The molecule has 4 atom stereocenters. The fourth-order valence-corrected chi connectivity index (χ4v) is 8.99. The molecule has 0 aliphatic heterocycles. The van der Waals surface area contributed by atoms with Crippen LogP contribution in [0.25, 0.3) is 0 Å². The minimum absolute atomic E-state index is 0.314. The quantitative estimate of drug-likeness (QED) is 0.0734. The highest BCUT2D eigenvalue weighted by Gasteiger charge is 2.46. The maximum atomic E-state index is 14.6. The first-order valence-corrected chi connectivity index (χ1v) is 20.2. The van der Waals surface area contributed by atoms with Crippen molar-refractivity contribution in [2.75, 3.05) is 0 Å². The van der Waals surface area contributed by atoms with Crippen LogP contribution in [0.15, 0.2) is 0 Å². The van der Waals surface area contributed by atoms with Crippen molar-refractivity contribution in [1.82, 2.24) is 0 Å². The van der Waals surface area contributed by atoms with Crippen LogP contribution in [0.3, 0.4) is 0 Å². The Balaban J connectivity index is 6.53. The third-order valence-electron chi connectivity index (χ3n) is 7.27. The molecule has 0 N–H and O–H groups in total. The van der Waals surface area contributed by atoms with Crippen LogP contribution >= 0.6 is 15.6 Å². The second-order valence-electron chi connectivity index (χ2n) is 11.6. The molecule has 248 valence electrons. The van der Waals surface area contributed by atoms with Crippen LogP contribution in [0, 0.1) is 0 Å². The van der Waals surface area contributed by atoms with Gasteiger partial charge in [0.05, 0.1) is 24.4 Å². The molecule has 0 bridgehead atoms. The van der Waals surface area contributed by atoms with E-state index in [1.807, 2.05) is 0 Å². The van der Waals surface area contributed by atoms with Gasteiger partial charge >= 0.3 is 15.6 Å². The first-order chi connectivity index (χ1) is 19.7. The lowest BCUT2D eigenvalue weighted by Crippen LogP contribution is -2.21. The summed E-state index contributed by atoms with van der Waals surface area (Å²) in [6.07, 6.45) is 15.9. The summed E-state index contributed by atoms with van der Waals surface area (Å²) in [6.45, 7) is 16.8. The molecular formula is C32H68O7P2. The summed E-state index contributed by atoms with van der Waals surface area (Å²) < 4.78 is 60.4. The Kier molecular flexibility index (Phi) is 25.7. The van der Waals surface area contributed by atoms with Gasteiger partial charge in [-0.2, -0.15) is 4.31 Å². The Labute approximate surface area is 255 Å². The Morgan fingerprint density at radius 2 is 0.585 bits per heavy atom. The average molecular weight is 627 g/mol. The summed E-state index contributed by atoms with van der Waals surface area (Å²) in [4.78, 5) is 0. The van der Waals surface area contributed by atoms with E-state index in [1.54, 1.807) is 0 Å². The minimum atomic E-state index is -4.31. The van der Waals surface area contributed by atoms with Gasteiger partial charge in [0.25, 0.3) is 0 Å². The van der Waals surface area contributed by atoms with Gasteiger partial charge in [0.2, 0.25) is 0 Å². The van der Waals surface area contributed by atoms with Crippen LogP contribution in [0.4, 0.5) is 0 Å². The maximum absolute atomic E-state index is 14.6. The molecule has 0 aliphatic carbocycles. The van der Waals surface area contributed by atoms with Crippen LogP contribution in [0.2, 0.25) is 0 Å². The Bertz CT molecular complexity index is 587. The molecule has 0 aliphatic rings. The molecule has 4 unspecified atom stereocenters. The molecule has 0 amide bonds. The molecule has 0 fully saturated rings. The Morgan fingerprint density at radius 3 is 0.756 bits per heavy atom. The van der Waals surface area contributed by atoms with Gasteiger partial charge in [-0.3, -0.25) is 18.1 Å². The normalized spacial score (nSPS) is 18.0. The molecule has 0 rings (SSSR count). The van der Waals surface area contributed by atoms with Crippen molar-refractivity contribution in [2.24, 2.45) is 0 Å². The van der Waals surface area contributed by atoms with E-state index in [2.05, 4.69) is 55.4 Å². The molecule has 0 aromatic heterocycles. The van der Waals surface area contributed by atoms with E-state index in [-0.39, 0.29) is 24.4 Å². The predicted molar refractivity (Wildman–Crippen MR) is 174 cm³/mol. The molecule has 0 saturated heterocycles. The zero-order valence-electron chi connectivity index (χ0n) is 28.2. The summed E-state index contributed by atoms with van der Waals surface area (Å²) in [5.41, 5.74) is 0. The fourth-order valence-electron chi connectivity index (χ4n) is 4.99. The zero-order chi connectivity index (χ0) is 31.0. The zero-order valence-corrected chi connectivity index (χ0v) is 30.0. The second kappa shape index (κ2) is 25.6. The monoisotopic (exact) mass is 626 g/mol. The van der Waals surface area contributed by atoms with Crippen molar-refractivity contribution in [1.29, 1.82) is 0 Å². The fraction of sp³-hybridized carbons (Fsp3) is 1.00. The summed E-state index contributed by atoms with van der Waals surface area (Å²) in [5.74, 6) is 0. The molecular weight excluding hydrogens is 558 g/mol. The molecule has 0 radical (unpaired) electrons. The van der Waals surface area contributed by atoms with Gasteiger partial charge in [-0.1, -0.05) is 132 Å². The van der Waals surface area contributed by atoms with Crippen LogP contribution in [0.1, 0.15) is 184 Å². The number of unbranched alkanes of at least 4 members (excludes halogenated alkanes) is 4. The van der Waals surface area contributed by atoms with E-state index in [0.29, 0.717) is 0 Å². The van der Waals surface area contributed by atoms with Gasteiger partial charge in [0, 0.05) is 0 Å². The third kappa shape index (κ3) is 20.0. The average Bonchev–Trinajstić information content (AvgIpc) is 2.92. The van der Waals surface area contributed by atoms with Crippen molar-refractivity contribution in [2.45, 2.75) is 208 Å². The molecule has 41 heavy (non-hydrogen) atoms. The van der Waals surface area contributed by atoms with Crippen molar-refractivity contribution < 1.29 is 31.5 Å². The summed E-state index contributed by atoms with van der Waals surface area (Å²) in [6, 6.07) is 0. The lowest BCUT2D eigenvalue weighted by molar-refractivity contribution is 0.0286. The van der Waals surface area contributed by atoms with Gasteiger partial charge < -0.3 is 0 Å². The lowest BCUT2D eigenvalue weighted by Gasteiger charge is -2.32. The molecule has 0 aromatic rings. The number of hydrogen-bond donors (Lipinski definition) is 0. The van der Waals surface area contributed by atoms with Gasteiger partial charge in [0.1, 0.15) is 0 Å². The third-order valence-corrected chi connectivity index (χ3v) is 11.1. The molecule has 0 aromatic carbocycles.